The molecule has 0 aliphatic heterocycles. The number of nitrogens with one attached hydrogen (secondary N) is 1. The van der Waals surface area contributed by atoms with Crippen molar-refractivity contribution in [1.82, 2.24) is 10.2 Å². The maximum Gasteiger partial charge on any atom is 0.261 e. The van der Waals surface area contributed by atoms with E-state index in [1.807, 2.05) is 68.4 Å². The van der Waals surface area contributed by atoms with Crippen LogP contribution in [0.15, 0.2) is 54.6 Å². The Labute approximate surface area is 179 Å². The molecule has 0 saturated heterocycles. The van der Waals surface area contributed by atoms with Gasteiger partial charge >= 0.3 is 0 Å². The molecule has 5 heteroatoms. The number of hydrogen-bond acceptors (Lipinski definition) is 3. The van der Waals surface area contributed by atoms with E-state index >= 15 is 0 Å². The van der Waals surface area contributed by atoms with Crippen LogP contribution in [0.4, 0.5) is 0 Å². The Balaban J connectivity index is 1.72. The van der Waals surface area contributed by atoms with Crippen LogP contribution in [0.5, 0.6) is 5.75 Å². The highest BCUT2D eigenvalue weighted by molar-refractivity contribution is 5.88. The average molecular weight is 409 g/mol. The molecule has 0 aromatic heterocycles. The number of ether oxygens (including phenoxy) is 1. The number of amides is 2. The van der Waals surface area contributed by atoms with E-state index in [0.717, 1.165) is 36.8 Å². The molecule has 0 radical (unpaired) electrons. The number of hydrogen-bond donors (Lipinski definition) is 1. The summed E-state index contributed by atoms with van der Waals surface area (Å²) in [5.41, 5.74) is 2.13. The molecule has 2 aromatic carbocycles. The van der Waals surface area contributed by atoms with Gasteiger partial charge in [-0.15, -0.1) is 0 Å². The summed E-state index contributed by atoms with van der Waals surface area (Å²) in [4.78, 5) is 27.8. The van der Waals surface area contributed by atoms with Crippen LogP contribution in [0, 0.1) is 6.92 Å². The minimum Gasteiger partial charge on any atom is -0.484 e. The Bertz CT molecular complexity index is 814. The molecule has 30 heavy (non-hydrogen) atoms. The summed E-state index contributed by atoms with van der Waals surface area (Å²) >= 11 is 0. The molecule has 5 nitrogen and oxygen atoms in total. The predicted octanol–water partition coefficient (Wildman–Crippen LogP) is 4.24. The molecule has 0 heterocycles. The molecular formula is C25H32N2O3. The highest BCUT2D eigenvalue weighted by Crippen LogP contribution is 2.19. The third kappa shape index (κ3) is 6.09. The summed E-state index contributed by atoms with van der Waals surface area (Å²) in [7, 11) is 0. The van der Waals surface area contributed by atoms with Crippen LogP contribution in [0.3, 0.4) is 0 Å². The zero-order valence-electron chi connectivity index (χ0n) is 18.0. The van der Waals surface area contributed by atoms with Crippen molar-refractivity contribution in [1.29, 1.82) is 0 Å². The molecule has 2 amide bonds. The normalized spacial score (nSPS) is 14.9. The topological polar surface area (TPSA) is 58.6 Å². The van der Waals surface area contributed by atoms with Gasteiger partial charge in [0.2, 0.25) is 5.91 Å². The molecule has 1 N–H and O–H groups in total. The lowest BCUT2D eigenvalue weighted by Crippen LogP contribution is -2.52. The van der Waals surface area contributed by atoms with Crippen molar-refractivity contribution in [3.8, 4) is 5.75 Å². The first kappa shape index (κ1) is 21.9. The van der Waals surface area contributed by atoms with Gasteiger partial charge in [-0.2, -0.15) is 0 Å². The molecule has 1 saturated carbocycles. The number of nitrogens with zero attached hydrogens (tertiary/aromatic N) is 1. The maximum absolute atomic E-state index is 13.2. The Morgan fingerprint density at radius 3 is 2.37 bits per heavy atom. The van der Waals surface area contributed by atoms with Crippen LogP contribution in [0.25, 0.3) is 0 Å². The van der Waals surface area contributed by atoms with Crippen LogP contribution >= 0.6 is 0 Å². The maximum atomic E-state index is 13.2. The van der Waals surface area contributed by atoms with Crippen molar-refractivity contribution >= 4 is 11.8 Å². The predicted molar refractivity (Wildman–Crippen MR) is 118 cm³/mol. The van der Waals surface area contributed by atoms with E-state index in [9.17, 15) is 9.59 Å². The van der Waals surface area contributed by atoms with Crippen LogP contribution in [0.1, 0.15) is 50.2 Å². The highest BCUT2D eigenvalue weighted by atomic mass is 16.5. The van der Waals surface area contributed by atoms with Crippen molar-refractivity contribution in [3.63, 3.8) is 0 Å². The van der Waals surface area contributed by atoms with E-state index in [1.165, 1.54) is 0 Å². The van der Waals surface area contributed by atoms with Gasteiger partial charge in [-0.1, -0.05) is 67.8 Å². The van der Waals surface area contributed by atoms with Crippen molar-refractivity contribution in [3.05, 3.63) is 65.7 Å². The Hall–Kier alpha value is -2.82. The molecule has 1 aliphatic carbocycles. The lowest BCUT2D eigenvalue weighted by molar-refractivity contribution is -0.143. The van der Waals surface area contributed by atoms with Crippen molar-refractivity contribution in [2.75, 3.05) is 6.61 Å². The Morgan fingerprint density at radius 1 is 1.07 bits per heavy atom. The zero-order valence-corrected chi connectivity index (χ0v) is 18.0. The van der Waals surface area contributed by atoms with Gasteiger partial charge in [-0.05, 0) is 43.9 Å². The van der Waals surface area contributed by atoms with E-state index < -0.39 is 6.04 Å². The first-order valence-corrected chi connectivity index (χ1v) is 10.9. The Kier molecular flexibility index (Phi) is 7.89. The van der Waals surface area contributed by atoms with Crippen molar-refractivity contribution < 1.29 is 14.3 Å². The minimum absolute atomic E-state index is 0.0657. The fourth-order valence-electron chi connectivity index (χ4n) is 3.93. The molecule has 2 aromatic rings. The van der Waals surface area contributed by atoms with Gasteiger partial charge in [-0.25, -0.2) is 0 Å². The fourth-order valence-corrected chi connectivity index (χ4v) is 3.93. The summed E-state index contributed by atoms with van der Waals surface area (Å²) in [5.74, 6) is 0.397. The second-order valence-electron chi connectivity index (χ2n) is 8.02. The summed E-state index contributed by atoms with van der Waals surface area (Å²) in [6.07, 6.45) is 4.90. The van der Waals surface area contributed by atoms with Gasteiger partial charge in [0.15, 0.2) is 6.61 Å². The summed E-state index contributed by atoms with van der Waals surface area (Å²) < 4.78 is 5.73. The van der Waals surface area contributed by atoms with Crippen LogP contribution in [-0.2, 0) is 16.1 Å². The standard InChI is InChI=1S/C25H32N2O3/c1-3-23(25(29)26-21-11-7-8-12-21)27(17-20-9-5-4-6-10-20)24(28)18-30-22-15-13-19(2)14-16-22/h4-6,9-10,13-16,21,23H,3,7-8,11-12,17-18H2,1-2H3,(H,26,29)/t23-/m0/s1. The molecule has 160 valence electrons. The van der Waals surface area contributed by atoms with Gasteiger partial charge in [0.05, 0.1) is 0 Å². The highest BCUT2D eigenvalue weighted by Gasteiger charge is 2.30. The quantitative estimate of drug-likeness (QED) is 0.675. The lowest BCUT2D eigenvalue weighted by atomic mass is 10.1. The number of carbonyl (C=O) groups is 2. The first-order valence-electron chi connectivity index (χ1n) is 10.9. The van der Waals surface area contributed by atoms with Gasteiger partial charge in [0.25, 0.3) is 5.91 Å². The number of aryl methyl sites for hydroxylation is 1. The van der Waals surface area contributed by atoms with Gasteiger partial charge in [-0.3, -0.25) is 9.59 Å². The first-order chi connectivity index (χ1) is 14.6. The van der Waals surface area contributed by atoms with Crippen LogP contribution in [-0.4, -0.2) is 35.4 Å². The van der Waals surface area contributed by atoms with Gasteiger partial charge < -0.3 is 15.0 Å². The van der Waals surface area contributed by atoms with E-state index in [0.29, 0.717) is 18.7 Å². The van der Waals surface area contributed by atoms with Crippen LogP contribution < -0.4 is 10.1 Å². The lowest BCUT2D eigenvalue weighted by Gasteiger charge is -2.31. The van der Waals surface area contributed by atoms with Gasteiger partial charge in [0, 0.05) is 12.6 Å². The minimum atomic E-state index is -0.514. The largest absolute Gasteiger partial charge is 0.484 e. The number of rotatable bonds is 9. The third-order valence-corrected chi connectivity index (χ3v) is 5.67. The number of carbonyl (C=O) groups excluding carboxylic acids is 2. The van der Waals surface area contributed by atoms with Gasteiger partial charge in [0.1, 0.15) is 11.8 Å². The number of benzene rings is 2. The molecule has 0 spiro atoms. The second kappa shape index (κ2) is 10.8. The average Bonchev–Trinajstić information content (AvgIpc) is 3.26. The summed E-state index contributed by atoms with van der Waals surface area (Å²) in [5, 5.41) is 3.16. The second-order valence-corrected chi connectivity index (χ2v) is 8.02. The van der Waals surface area contributed by atoms with Crippen molar-refractivity contribution in [2.45, 2.75) is 64.6 Å². The molecular weight excluding hydrogens is 376 g/mol. The molecule has 1 atom stereocenters. The molecule has 0 bridgehead atoms. The molecule has 0 unspecified atom stereocenters. The molecule has 1 aliphatic rings. The fraction of sp³-hybridized carbons (Fsp3) is 0.440. The summed E-state index contributed by atoms with van der Waals surface area (Å²) in [6, 6.07) is 17.1. The van der Waals surface area contributed by atoms with E-state index in [1.54, 1.807) is 4.90 Å². The van der Waals surface area contributed by atoms with Crippen LogP contribution in [0.2, 0.25) is 0 Å². The van der Waals surface area contributed by atoms with E-state index in [-0.39, 0.29) is 24.5 Å². The zero-order chi connectivity index (χ0) is 21.3. The molecule has 1 fully saturated rings. The monoisotopic (exact) mass is 408 g/mol. The SMILES string of the molecule is CC[C@@H](C(=O)NC1CCCC1)N(Cc1ccccc1)C(=O)COc1ccc(C)cc1. The van der Waals surface area contributed by atoms with E-state index in [2.05, 4.69) is 5.32 Å². The smallest absolute Gasteiger partial charge is 0.261 e. The third-order valence-electron chi connectivity index (χ3n) is 5.67. The van der Waals surface area contributed by atoms with E-state index in [4.69, 9.17) is 4.74 Å². The summed E-state index contributed by atoms with van der Waals surface area (Å²) in [6.45, 7) is 4.24. The Morgan fingerprint density at radius 2 is 1.73 bits per heavy atom. The van der Waals surface area contributed by atoms with Crippen molar-refractivity contribution in [2.24, 2.45) is 0 Å². The molecule has 3 rings (SSSR count).